The van der Waals surface area contributed by atoms with Gasteiger partial charge >= 0.3 is 0 Å². The number of halogens is 1. The fourth-order valence-corrected chi connectivity index (χ4v) is 5.23. The van der Waals surface area contributed by atoms with E-state index in [2.05, 4.69) is 17.1 Å². The van der Waals surface area contributed by atoms with E-state index in [9.17, 15) is 8.42 Å². The topological polar surface area (TPSA) is 55.2 Å². The van der Waals surface area contributed by atoms with Gasteiger partial charge in [-0.05, 0) is 48.2 Å². The lowest BCUT2D eigenvalue weighted by molar-refractivity contribution is 0.387. The molecule has 2 heterocycles. The van der Waals surface area contributed by atoms with Crippen LogP contribution in [0.25, 0.3) is 5.57 Å². The molecule has 4 rings (SSSR count). The highest BCUT2D eigenvalue weighted by Crippen LogP contribution is 2.30. The van der Waals surface area contributed by atoms with Crippen LogP contribution in [-0.4, -0.2) is 35.4 Å². The molecule has 29 heavy (non-hydrogen) atoms. The van der Waals surface area contributed by atoms with E-state index in [-0.39, 0.29) is 4.90 Å². The van der Waals surface area contributed by atoms with Crippen LogP contribution in [0.1, 0.15) is 18.4 Å². The Labute approximate surface area is 176 Å². The highest BCUT2D eigenvalue weighted by atomic mass is 35.5. The van der Waals surface area contributed by atoms with Crippen LogP contribution in [0.4, 0.5) is 0 Å². The maximum atomic E-state index is 13.0. The van der Waals surface area contributed by atoms with Gasteiger partial charge in [-0.1, -0.05) is 47.5 Å². The summed E-state index contributed by atoms with van der Waals surface area (Å²) in [5, 5.41) is 0.528. The number of aromatic nitrogens is 2. The molecule has 1 aliphatic rings. The molecule has 0 unspecified atom stereocenters. The SMILES string of the molecule is O=S(=O)(c1ccc(Cl)cc1)N1CCC(=C(Cn2ccnc2)c2ccccc2)CC1. The predicted molar refractivity (Wildman–Crippen MR) is 115 cm³/mol. The molecule has 2 aromatic carbocycles. The molecule has 5 nitrogen and oxygen atoms in total. The molecule has 0 bridgehead atoms. The molecule has 0 amide bonds. The number of hydrogen-bond donors (Lipinski definition) is 0. The number of sulfonamides is 1. The zero-order chi connectivity index (χ0) is 20.3. The molecule has 0 N–H and O–H groups in total. The van der Waals surface area contributed by atoms with Crippen molar-refractivity contribution < 1.29 is 8.42 Å². The number of imidazole rings is 1. The summed E-state index contributed by atoms with van der Waals surface area (Å²) in [6, 6.07) is 16.6. The third-order valence-corrected chi connectivity index (χ3v) is 7.39. The van der Waals surface area contributed by atoms with Crippen LogP contribution in [0, 0.1) is 0 Å². The van der Waals surface area contributed by atoms with Gasteiger partial charge in [0.25, 0.3) is 0 Å². The van der Waals surface area contributed by atoms with Gasteiger partial charge < -0.3 is 4.57 Å². The lowest BCUT2D eigenvalue weighted by Crippen LogP contribution is -2.36. The Kier molecular flexibility index (Phi) is 5.85. The molecule has 0 spiro atoms. The minimum absolute atomic E-state index is 0.288. The Balaban J connectivity index is 1.58. The van der Waals surface area contributed by atoms with Crippen LogP contribution in [0.2, 0.25) is 5.02 Å². The number of hydrogen-bond acceptors (Lipinski definition) is 3. The van der Waals surface area contributed by atoms with Crippen LogP contribution >= 0.6 is 11.6 Å². The second-order valence-electron chi connectivity index (χ2n) is 7.04. The summed E-state index contributed by atoms with van der Waals surface area (Å²) in [5.41, 5.74) is 3.71. The van der Waals surface area contributed by atoms with E-state index in [0.717, 1.165) is 6.54 Å². The number of nitrogens with zero attached hydrogens (tertiary/aromatic N) is 3. The summed E-state index contributed by atoms with van der Waals surface area (Å²) in [4.78, 5) is 4.43. The molecule has 1 aromatic heterocycles. The van der Waals surface area contributed by atoms with E-state index in [4.69, 9.17) is 11.6 Å². The first kappa shape index (κ1) is 19.9. The molecule has 1 saturated heterocycles. The number of piperidine rings is 1. The van der Waals surface area contributed by atoms with E-state index in [1.807, 2.05) is 35.3 Å². The third-order valence-electron chi connectivity index (χ3n) is 5.23. The summed E-state index contributed by atoms with van der Waals surface area (Å²) >= 11 is 5.90. The Hall–Kier alpha value is -2.41. The van der Waals surface area contributed by atoms with Crippen molar-refractivity contribution in [1.29, 1.82) is 0 Å². The maximum absolute atomic E-state index is 13.0. The second-order valence-corrected chi connectivity index (χ2v) is 9.42. The number of benzene rings is 2. The maximum Gasteiger partial charge on any atom is 0.243 e. The summed E-state index contributed by atoms with van der Waals surface area (Å²) in [6.07, 6.45) is 6.96. The van der Waals surface area contributed by atoms with Crippen molar-refractivity contribution in [3.63, 3.8) is 0 Å². The second kappa shape index (κ2) is 8.53. The zero-order valence-corrected chi connectivity index (χ0v) is 17.5. The van der Waals surface area contributed by atoms with Crippen LogP contribution < -0.4 is 0 Å². The average molecular weight is 428 g/mol. The molecule has 7 heteroatoms. The van der Waals surface area contributed by atoms with Crippen molar-refractivity contribution in [3.05, 3.63) is 89.5 Å². The summed E-state index contributed by atoms with van der Waals surface area (Å²) in [5.74, 6) is 0. The van der Waals surface area contributed by atoms with E-state index >= 15 is 0 Å². The van der Waals surface area contributed by atoms with E-state index in [1.165, 1.54) is 16.7 Å². The summed E-state index contributed by atoms with van der Waals surface area (Å²) in [6.45, 7) is 1.67. The molecule has 150 valence electrons. The fraction of sp³-hybridized carbons (Fsp3) is 0.227. The minimum Gasteiger partial charge on any atom is -0.333 e. The standard InChI is InChI=1S/C22H22ClN3O2S/c23-20-6-8-21(9-7-20)29(27,28)26-13-10-19(11-14-26)22(16-25-15-12-24-17-25)18-4-2-1-3-5-18/h1-9,12,15,17H,10-11,13-14,16H2. The third kappa shape index (κ3) is 4.45. The highest BCUT2D eigenvalue weighted by molar-refractivity contribution is 7.89. The van der Waals surface area contributed by atoms with Gasteiger partial charge in [0, 0.05) is 37.1 Å². The first-order chi connectivity index (χ1) is 14.0. The van der Waals surface area contributed by atoms with Crippen molar-refractivity contribution >= 4 is 27.2 Å². The van der Waals surface area contributed by atoms with Crippen LogP contribution in [0.3, 0.4) is 0 Å². The Morgan fingerprint density at radius 2 is 1.69 bits per heavy atom. The van der Waals surface area contributed by atoms with Gasteiger partial charge in [-0.3, -0.25) is 0 Å². The van der Waals surface area contributed by atoms with Crippen LogP contribution in [0.15, 0.2) is 83.8 Å². The van der Waals surface area contributed by atoms with Gasteiger partial charge in [-0.15, -0.1) is 0 Å². The Bertz CT molecular complexity index is 1080. The molecular weight excluding hydrogens is 406 g/mol. The van der Waals surface area contributed by atoms with Crippen molar-refractivity contribution in [2.24, 2.45) is 0 Å². The van der Waals surface area contributed by atoms with Gasteiger partial charge in [0.15, 0.2) is 0 Å². The molecule has 1 aliphatic heterocycles. The predicted octanol–water partition coefficient (Wildman–Crippen LogP) is 4.48. The molecule has 0 atom stereocenters. The van der Waals surface area contributed by atoms with Gasteiger partial charge in [0.2, 0.25) is 10.0 Å². The summed E-state index contributed by atoms with van der Waals surface area (Å²) < 4.78 is 29.5. The molecule has 3 aromatic rings. The van der Waals surface area contributed by atoms with Gasteiger partial charge in [-0.25, -0.2) is 13.4 Å². The molecule has 1 fully saturated rings. The summed E-state index contributed by atoms with van der Waals surface area (Å²) in [7, 11) is -3.51. The van der Waals surface area contributed by atoms with Crippen molar-refractivity contribution in [2.45, 2.75) is 24.3 Å². The highest BCUT2D eigenvalue weighted by Gasteiger charge is 2.28. The van der Waals surface area contributed by atoms with Gasteiger partial charge in [0.1, 0.15) is 0 Å². The number of rotatable bonds is 5. The van der Waals surface area contributed by atoms with Crippen molar-refractivity contribution in [1.82, 2.24) is 13.9 Å². The average Bonchev–Trinajstić information content (AvgIpc) is 3.26. The molecule has 0 radical (unpaired) electrons. The lowest BCUT2D eigenvalue weighted by atomic mass is 9.93. The number of allylic oxidation sites excluding steroid dienone is 1. The quantitative estimate of drug-likeness (QED) is 0.603. The van der Waals surface area contributed by atoms with E-state index in [0.29, 0.717) is 31.0 Å². The van der Waals surface area contributed by atoms with Gasteiger partial charge in [-0.2, -0.15) is 4.31 Å². The minimum atomic E-state index is -3.51. The first-order valence-electron chi connectivity index (χ1n) is 9.52. The van der Waals surface area contributed by atoms with Crippen molar-refractivity contribution in [3.8, 4) is 0 Å². The molecular formula is C22H22ClN3O2S. The first-order valence-corrected chi connectivity index (χ1v) is 11.3. The van der Waals surface area contributed by atoms with E-state index < -0.39 is 10.0 Å². The fourth-order valence-electron chi connectivity index (χ4n) is 3.66. The molecule has 0 saturated carbocycles. The van der Waals surface area contributed by atoms with E-state index in [1.54, 1.807) is 34.8 Å². The van der Waals surface area contributed by atoms with Crippen LogP contribution in [0.5, 0.6) is 0 Å². The Morgan fingerprint density at radius 1 is 1.00 bits per heavy atom. The largest absolute Gasteiger partial charge is 0.333 e. The van der Waals surface area contributed by atoms with Crippen molar-refractivity contribution in [2.75, 3.05) is 13.1 Å². The lowest BCUT2D eigenvalue weighted by Gasteiger charge is -2.29. The normalized spacial score (nSPS) is 15.4. The zero-order valence-electron chi connectivity index (χ0n) is 15.9. The monoisotopic (exact) mass is 427 g/mol. The molecule has 0 aliphatic carbocycles. The Morgan fingerprint density at radius 3 is 2.31 bits per heavy atom. The smallest absolute Gasteiger partial charge is 0.243 e. The van der Waals surface area contributed by atoms with Gasteiger partial charge in [0.05, 0.1) is 11.2 Å². The van der Waals surface area contributed by atoms with Crippen LogP contribution in [-0.2, 0) is 16.6 Å².